The Kier molecular flexibility index (Phi) is 4.29. The normalized spacial score (nSPS) is 23.4. The van der Waals surface area contributed by atoms with Gasteiger partial charge >= 0.3 is 0 Å². The molecule has 2 heterocycles. The number of hydrogen-bond donors (Lipinski definition) is 1. The Morgan fingerprint density at radius 1 is 1.42 bits per heavy atom. The molecule has 1 fully saturated rings. The van der Waals surface area contributed by atoms with Crippen molar-refractivity contribution in [2.45, 2.75) is 31.0 Å². The van der Waals surface area contributed by atoms with Crippen molar-refractivity contribution in [1.82, 2.24) is 9.21 Å². The van der Waals surface area contributed by atoms with Crippen LogP contribution >= 0.6 is 0 Å². The van der Waals surface area contributed by atoms with Crippen molar-refractivity contribution in [2.24, 2.45) is 5.73 Å². The molecular weight excluding hydrogens is 266 g/mol. The van der Waals surface area contributed by atoms with Gasteiger partial charge in [0.05, 0.1) is 6.54 Å². The van der Waals surface area contributed by atoms with Gasteiger partial charge < -0.3 is 15.1 Å². The molecule has 0 bridgehead atoms. The summed E-state index contributed by atoms with van der Waals surface area (Å²) in [6, 6.07) is 3.03. The van der Waals surface area contributed by atoms with Crippen LogP contribution in [-0.4, -0.2) is 50.3 Å². The quantitative estimate of drug-likeness (QED) is 0.873. The van der Waals surface area contributed by atoms with Gasteiger partial charge in [-0.1, -0.05) is 0 Å². The highest BCUT2D eigenvalue weighted by molar-refractivity contribution is 7.89. The zero-order valence-corrected chi connectivity index (χ0v) is 12.2. The largest absolute Gasteiger partial charge is 0.447 e. The molecule has 1 aliphatic heterocycles. The van der Waals surface area contributed by atoms with Crippen LogP contribution in [-0.2, 0) is 16.6 Å². The van der Waals surface area contributed by atoms with Crippen LogP contribution in [0.15, 0.2) is 21.6 Å². The molecule has 1 saturated heterocycles. The molecule has 2 N–H and O–H groups in total. The maximum absolute atomic E-state index is 12.6. The second kappa shape index (κ2) is 5.62. The molecule has 1 aliphatic rings. The van der Waals surface area contributed by atoms with Gasteiger partial charge in [-0.05, 0) is 39.1 Å². The number of rotatable bonds is 3. The van der Waals surface area contributed by atoms with Gasteiger partial charge in [-0.2, -0.15) is 4.31 Å². The minimum atomic E-state index is -3.56. The fourth-order valence-electron chi connectivity index (χ4n) is 2.43. The minimum absolute atomic E-state index is 0.00986. The number of furan rings is 1. The highest BCUT2D eigenvalue weighted by Gasteiger charge is 2.33. The first-order chi connectivity index (χ1) is 8.95. The molecule has 7 heteroatoms. The molecule has 2 rings (SSSR count). The van der Waals surface area contributed by atoms with Crippen molar-refractivity contribution in [3.63, 3.8) is 0 Å². The van der Waals surface area contributed by atoms with E-state index in [-0.39, 0.29) is 17.7 Å². The Bertz CT molecular complexity index is 526. The molecule has 0 radical (unpaired) electrons. The Labute approximate surface area is 114 Å². The van der Waals surface area contributed by atoms with E-state index < -0.39 is 10.0 Å². The lowest BCUT2D eigenvalue weighted by Gasteiger charge is -2.26. The molecule has 0 amide bonds. The average molecular weight is 287 g/mol. The molecule has 0 aliphatic carbocycles. The summed E-state index contributed by atoms with van der Waals surface area (Å²) >= 11 is 0. The van der Waals surface area contributed by atoms with Gasteiger partial charge in [0.25, 0.3) is 10.0 Å². The molecule has 1 aromatic rings. The average Bonchev–Trinajstić information content (AvgIpc) is 2.76. The number of hydrogen-bond acceptors (Lipinski definition) is 5. The van der Waals surface area contributed by atoms with Crippen LogP contribution in [0.1, 0.15) is 19.1 Å². The van der Waals surface area contributed by atoms with Gasteiger partial charge in [-0.3, -0.25) is 0 Å². The Morgan fingerprint density at radius 2 is 2.16 bits per heavy atom. The SMILES string of the molecule is CC1CN(C)CCCN1S(=O)(=O)c1ccc(CN)o1. The van der Waals surface area contributed by atoms with Crippen LogP contribution in [0.5, 0.6) is 0 Å². The van der Waals surface area contributed by atoms with Crippen molar-refractivity contribution in [1.29, 1.82) is 0 Å². The molecule has 1 aromatic heterocycles. The summed E-state index contributed by atoms with van der Waals surface area (Å²) in [5.41, 5.74) is 5.45. The zero-order chi connectivity index (χ0) is 14.0. The highest BCUT2D eigenvalue weighted by Crippen LogP contribution is 2.22. The third kappa shape index (κ3) is 3.00. The van der Waals surface area contributed by atoms with E-state index in [0.29, 0.717) is 12.3 Å². The van der Waals surface area contributed by atoms with E-state index in [1.54, 1.807) is 6.07 Å². The van der Waals surface area contributed by atoms with Crippen LogP contribution < -0.4 is 5.73 Å². The summed E-state index contributed by atoms with van der Waals surface area (Å²) in [6.07, 6.45) is 0.824. The molecule has 0 aromatic carbocycles. The molecular formula is C12H21N3O3S. The molecule has 1 unspecified atom stereocenters. The summed E-state index contributed by atoms with van der Waals surface area (Å²) in [6.45, 7) is 4.28. The van der Waals surface area contributed by atoms with E-state index in [1.807, 2.05) is 14.0 Å². The maximum atomic E-state index is 12.6. The lowest BCUT2D eigenvalue weighted by molar-refractivity contribution is 0.284. The molecule has 108 valence electrons. The highest BCUT2D eigenvalue weighted by atomic mass is 32.2. The van der Waals surface area contributed by atoms with Crippen LogP contribution in [0.4, 0.5) is 0 Å². The van der Waals surface area contributed by atoms with E-state index in [9.17, 15) is 8.42 Å². The Morgan fingerprint density at radius 3 is 2.79 bits per heavy atom. The predicted octanol–water partition coefficient (Wildman–Crippen LogP) is 0.453. The first-order valence-corrected chi connectivity index (χ1v) is 7.88. The third-order valence-electron chi connectivity index (χ3n) is 3.39. The van der Waals surface area contributed by atoms with Crippen LogP contribution in [0.3, 0.4) is 0 Å². The van der Waals surface area contributed by atoms with E-state index in [0.717, 1.165) is 19.5 Å². The first kappa shape index (κ1) is 14.5. The fraction of sp³-hybridized carbons (Fsp3) is 0.667. The number of sulfonamides is 1. The first-order valence-electron chi connectivity index (χ1n) is 6.44. The van der Waals surface area contributed by atoms with Gasteiger partial charge in [-0.25, -0.2) is 8.42 Å². The standard InChI is InChI=1S/C12H21N3O3S/c1-10-9-14(2)6-3-7-15(10)19(16,17)12-5-4-11(8-13)18-12/h4-5,10H,3,6-9,13H2,1-2H3. The summed E-state index contributed by atoms with van der Waals surface area (Å²) < 4.78 is 31.9. The minimum Gasteiger partial charge on any atom is -0.447 e. The Hall–Kier alpha value is -0.890. The summed E-state index contributed by atoms with van der Waals surface area (Å²) in [5, 5.41) is -0.00986. The van der Waals surface area contributed by atoms with E-state index in [2.05, 4.69) is 4.90 Å². The van der Waals surface area contributed by atoms with Gasteiger partial charge in [0.2, 0.25) is 5.09 Å². The lowest BCUT2D eigenvalue weighted by atomic mass is 10.3. The lowest BCUT2D eigenvalue weighted by Crippen LogP contribution is -2.41. The topological polar surface area (TPSA) is 79.8 Å². The monoisotopic (exact) mass is 287 g/mol. The third-order valence-corrected chi connectivity index (χ3v) is 5.27. The van der Waals surface area contributed by atoms with E-state index in [1.165, 1.54) is 10.4 Å². The number of nitrogens with zero attached hydrogens (tertiary/aromatic N) is 2. The fourth-order valence-corrected chi connectivity index (χ4v) is 4.02. The maximum Gasteiger partial charge on any atom is 0.276 e. The van der Waals surface area contributed by atoms with Crippen molar-refractivity contribution in [2.75, 3.05) is 26.7 Å². The van der Waals surface area contributed by atoms with Gasteiger partial charge in [0.1, 0.15) is 5.76 Å². The summed E-state index contributed by atoms with van der Waals surface area (Å²) in [5.74, 6) is 0.484. The van der Waals surface area contributed by atoms with Crippen molar-refractivity contribution >= 4 is 10.0 Å². The van der Waals surface area contributed by atoms with Crippen LogP contribution in [0.2, 0.25) is 0 Å². The van der Waals surface area contributed by atoms with Gasteiger partial charge in [0, 0.05) is 19.1 Å². The predicted molar refractivity (Wildman–Crippen MR) is 72.1 cm³/mol. The smallest absolute Gasteiger partial charge is 0.276 e. The summed E-state index contributed by atoms with van der Waals surface area (Å²) in [4.78, 5) is 2.15. The van der Waals surface area contributed by atoms with Crippen molar-refractivity contribution in [3.05, 3.63) is 17.9 Å². The second-order valence-corrected chi connectivity index (χ2v) is 6.83. The van der Waals surface area contributed by atoms with Crippen molar-refractivity contribution < 1.29 is 12.8 Å². The van der Waals surface area contributed by atoms with E-state index in [4.69, 9.17) is 10.2 Å². The molecule has 0 spiro atoms. The second-order valence-electron chi connectivity index (χ2n) is 5.01. The zero-order valence-electron chi connectivity index (χ0n) is 11.4. The van der Waals surface area contributed by atoms with E-state index >= 15 is 0 Å². The molecule has 19 heavy (non-hydrogen) atoms. The number of likely N-dealkylation sites (N-methyl/N-ethyl adjacent to an activating group) is 1. The van der Waals surface area contributed by atoms with Gasteiger partial charge in [0.15, 0.2) is 0 Å². The number of nitrogens with two attached hydrogens (primary N) is 1. The van der Waals surface area contributed by atoms with Crippen LogP contribution in [0.25, 0.3) is 0 Å². The Balaban J connectivity index is 2.27. The summed E-state index contributed by atoms with van der Waals surface area (Å²) in [7, 11) is -1.56. The molecule has 1 atom stereocenters. The van der Waals surface area contributed by atoms with Crippen LogP contribution in [0, 0.1) is 0 Å². The molecule has 0 saturated carbocycles. The molecule has 6 nitrogen and oxygen atoms in total. The van der Waals surface area contributed by atoms with Crippen molar-refractivity contribution in [3.8, 4) is 0 Å². The van der Waals surface area contributed by atoms with Gasteiger partial charge in [-0.15, -0.1) is 0 Å².